The molecular formula is C17H16N2O. The Morgan fingerprint density at radius 1 is 1.00 bits per heavy atom. The maximum absolute atomic E-state index is 6.19. The van der Waals surface area contributed by atoms with E-state index in [-0.39, 0.29) is 6.04 Å². The molecule has 3 aromatic rings. The molecule has 0 aliphatic carbocycles. The minimum Gasteiger partial charge on any atom is -0.492 e. The van der Waals surface area contributed by atoms with Gasteiger partial charge in [0.25, 0.3) is 0 Å². The Bertz CT molecular complexity index is 697. The molecule has 2 N–H and O–H groups in total. The Hall–Kier alpha value is -2.39. The summed E-state index contributed by atoms with van der Waals surface area (Å²) in [7, 11) is 0. The quantitative estimate of drug-likeness (QED) is 0.786. The van der Waals surface area contributed by atoms with Gasteiger partial charge in [-0.3, -0.25) is 4.98 Å². The highest BCUT2D eigenvalue weighted by Gasteiger charge is 2.08. The second-order valence-corrected chi connectivity index (χ2v) is 4.69. The molecular weight excluding hydrogens is 248 g/mol. The van der Waals surface area contributed by atoms with E-state index in [0.717, 1.165) is 22.2 Å². The number of nitrogens with zero attached hydrogens (tertiary/aromatic N) is 1. The van der Waals surface area contributed by atoms with Crippen LogP contribution in [0.4, 0.5) is 0 Å². The average molecular weight is 264 g/mol. The van der Waals surface area contributed by atoms with E-state index in [9.17, 15) is 0 Å². The number of hydrogen-bond acceptors (Lipinski definition) is 3. The van der Waals surface area contributed by atoms with Crippen LogP contribution in [0.5, 0.6) is 5.75 Å². The van der Waals surface area contributed by atoms with E-state index in [4.69, 9.17) is 10.5 Å². The Morgan fingerprint density at radius 2 is 1.85 bits per heavy atom. The molecule has 0 saturated heterocycles. The van der Waals surface area contributed by atoms with Crippen molar-refractivity contribution in [1.29, 1.82) is 0 Å². The van der Waals surface area contributed by atoms with Gasteiger partial charge in [-0.25, -0.2) is 0 Å². The fraction of sp³-hybridized carbons (Fsp3) is 0.118. The molecule has 0 radical (unpaired) electrons. The van der Waals surface area contributed by atoms with Crippen LogP contribution in [0.25, 0.3) is 10.9 Å². The van der Waals surface area contributed by atoms with Gasteiger partial charge in [0.15, 0.2) is 0 Å². The Balaban J connectivity index is 1.73. The van der Waals surface area contributed by atoms with Gasteiger partial charge in [-0.15, -0.1) is 0 Å². The van der Waals surface area contributed by atoms with Crippen LogP contribution in [0, 0.1) is 0 Å². The standard InChI is InChI=1S/C17H16N2O/c18-16(12-20-15-6-2-1-3-7-15)13-8-9-17-14(11-13)5-4-10-19-17/h1-11,16H,12,18H2. The van der Waals surface area contributed by atoms with E-state index in [1.54, 1.807) is 6.20 Å². The highest BCUT2D eigenvalue weighted by atomic mass is 16.5. The third kappa shape index (κ3) is 2.78. The van der Waals surface area contributed by atoms with Gasteiger partial charge in [0.1, 0.15) is 12.4 Å². The van der Waals surface area contributed by atoms with E-state index >= 15 is 0 Å². The molecule has 1 unspecified atom stereocenters. The molecule has 0 fully saturated rings. The Labute approximate surface area is 118 Å². The molecule has 100 valence electrons. The molecule has 0 spiro atoms. The van der Waals surface area contributed by atoms with E-state index < -0.39 is 0 Å². The van der Waals surface area contributed by atoms with Crippen molar-refractivity contribution in [2.24, 2.45) is 5.73 Å². The molecule has 0 aliphatic heterocycles. The third-order valence-electron chi connectivity index (χ3n) is 3.23. The average Bonchev–Trinajstić information content (AvgIpc) is 2.53. The number of aromatic nitrogens is 1. The molecule has 3 nitrogen and oxygen atoms in total. The number of para-hydroxylation sites is 1. The van der Waals surface area contributed by atoms with Crippen LogP contribution in [-0.2, 0) is 0 Å². The maximum atomic E-state index is 6.19. The minimum absolute atomic E-state index is 0.153. The first kappa shape index (κ1) is 12.6. The summed E-state index contributed by atoms with van der Waals surface area (Å²) in [6, 6.07) is 19.6. The lowest BCUT2D eigenvalue weighted by Gasteiger charge is -2.14. The normalized spacial score (nSPS) is 12.2. The first-order valence-electron chi connectivity index (χ1n) is 6.61. The van der Waals surface area contributed by atoms with Gasteiger partial charge < -0.3 is 10.5 Å². The van der Waals surface area contributed by atoms with Crippen LogP contribution in [0.15, 0.2) is 66.9 Å². The number of rotatable bonds is 4. The van der Waals surface area contributed by atoms with E-state index in [2.05, 4.69) is 11.1 Å². The van der Waals surface area contributed by atoms with Crippen molar-refractivity contribution in [3.63, 3.8) is 0 Å². The lowest BCUT2D eigenvalue weighted by atomic mass is 10.1. The largest absolute Gasteiger partial charge is 0.492 e. The second-order valence-electron chi connectivity index (χ2n) is 4.69. The van der Waals surface area contributed by atoms with Crippen molar-refractivity contribution >= 4 is 10.9 Å². The fourth-order valence-corrected chi connectivity index (χ4v) is 2.12. The molecule has 0 aliphatic rings. The number of nitrogens with two attached hydrogens (primary N) is 1. The fourth-order valence-electron chi connectivity index (χ4n) is 2.12. The summed E-state index contributed by atoms with van der Waals surface area (Å²) < 4.78 is 5.69. The zero-order valence-electron chi connectivity index (χ0n) is 11.1. The van der Waals surface area contributed by atoms with Crippen LogP contribution in [0.3, 0.4) is 0 Å². The molecule has 3 heteroatoms. The molecule has 3 rings (SSSR count). The van der Waals surface area contributed by atoms with Crippen molar-refractivity contribution in [3.05, 3.63) is 72.4 Å². The monoisotopic (exact) mass is 264 g/mol. The number of benzene rings is 2. The van der Waals surface area contributed by atoms with Gasteiger partial charge in [0.2, 0.25) is 0 Å². The van der Waals surface area contributed by atoms with Gasteiger partial charge in [-0.2, -0.15) is 0 Å². The highest BCUT2D eigenvalue weighted by Crippen LogP contribution is 2.19. The summed E-state index contributed by atoms with van der Waals surface area (Å²) in [4.78, 5) is 4.30. The summed E-state index contributed by atoms with van der Waals surface area (Å²) in [5, 5.41) is 1.10. The minimum atomic E-state index is -0.153. The SMILES string of the molecule is NC(COc1ccccc1)c1ccc2ncccc2c1. The molecule has 1 aromatic heterocycles. The van der Waals surface area contributed by atoms with Crippen molar-refractivity contribution in [3.8, 4) is 5.75 Å². The summed E-state index contributed by atoms with van der Waals surface area (Å²) >= 11 is 0. The predicted octanol–water partition coefficient (Wildman–Crippen LogP) is 3.31. The van der Waals surface area contributed by atoms with E-state index in [1.165, 1.54) is 0 Å². The Kier molecular flexibility index (Phi) is 3.61. The summed E-state index contributed by atoms with van der Waals surface area (Å²) in [5.41, 5.74) is 8.22. The van der Waals surface area contributed by atoms with Gasteiger partial charge in [-0.05, 0) is 35.9 Å². The van der Waals surface area contributed by atoms with Crippen LogP contribution < -0.4 is 10.5 Å². The van der Waals surface area contributed by atoms with Crippen molar-refractivity contribution < 1.29 is 4.74 Å². The van der Waals surface area contributed by atoms with E-state index in [1.807, 2.05) is 54.6 Å². The number of hydrogen-bond donors (Lipinski definition) is 1. The molecule has 0 amide bonds. The van der Waals surface area contributed by atoms with E-state index in [0.29, 0.717) is 6.61 Å². The van der Waals surface area contributed by atoms with Gasteiger partial charge in [0, 0.05) is 11.6 Å². The Morgan fingerprint density at radius 3 is 2.70 bits per heavy atom. The molecule has 0 saturated carbocycles. The lowest BCUT2D eigenvalue weighted by molar-refractivity contribution is 0.291. The highest BCUT2D eigenvalue weighted by molar-refractivity contribution is 5.79. The topological polar surface area (TPSA) is 48.1 Å². The van der Waals surface area contributed by atoms with Crippen molar-refractivity contribution in [1.82, 2.24) is 4.98 Å². The molecule has 2 aromatic carbocycles. The van der Waals surface area contributed by atoms with Crippen LogP contribution in [0.2, 0.25) is 0 Å². The molecule has 1 atom stereocenters. The lowest BCUT2D eigenvalue weighted by Crippen LogP contribution is -2.18. The zero-order valence-corrected chi connectivity index (χ0v) is 11.1. The van der Waals surface area contributed by atoms with Gasteiger partial charge in [-0.1, -0.05) is 30.3 Å². The summed E-state index contributed by atoms with van der Waals surface area (Å²) in [6.45, 7) is 0.454. The van der Waals surface area contributed by atoms with Crippen LogP contribution in [0.1, 0.15) is 11.6 Å². The maximum Gasteiger partial charge on any atom is 0.119 e. The number of pyridine rings is 1. The number of fused-ring (bicyclic) bond motifs is 1. The first-order valence-corrected chi connectivity index (χ1v) is 6.61. The van der Waals surface area contributed by atoms with Crippen LogP contribution in [-0.4, -0.2) is 11.6 Å². The second kappa shape index (κ2) is 5.72. The molecule has 1 heterocycles. The van der Waals surface area contributed by atoms with Crippen molar-refractivity contribution in [2.75, 3.05) is 6.61 Å². The molecule has 20 heavy (non-hydrogen) atoms. The number of ether oxygens (including phenoxy) is 1. The third-order valence-corrected chi connectivity index (χ3v) is 3.23. The van der Waals surface area contributed by atoms with Gasteiger partial charge >= 0.3 is 0 Å². The van der Waals surface area contributed by atoms with Gasteiger partial charge in [0.05, 0.1) is 11.6 Å². The smallest absolute Gasteiger partial charge is 0.119 e. The summed E-state index contributed by atoms with van der Waals surface area (Å²) in [6.07, 6.45) is 1.79. The predicted molar refractivity (Wildman–Crippen MR) is 80.6 cm³/mol. The molecule has 0 bridgehead atoms. The van der Waals surface area contributed by atoms with Crippen LogP contribution >= 0.6 is 0 Å². The first-order chi connectivity index (χ1) is 9.83. The van der Waals surface area contributed by atoms with Crippen molar-refractivity contribution in [2.45, 2.75) is 6.04 Å². The zero-order chi connectivity index (χ0) is 13.8. The summed E-state index contributed by atoms with van der Waals surface area (Å²) in [5.74, 6) is 0.838.